The van der Waals surface area contributed by atoms with Crippen LogP contribution in [-0.2, 0) is 4.74 Å². The van der Waals surface area contributed by atoms with Crippen LogP contribution >= 0.6 is 11.6 Å². The summed E-state index contributed by atoms with van der Waals surface area (Å²) in [6.07, 6.45) is -5.42. The zero-order valence-electron chi connectivity index (χ0n) is 13.3. The van der Waals surface area contributed by atoms with Crippen LogP contribution in [0.15, 0.2) is 0 Å². The maximum absolute atomic E-state index is 11.9. The molecular formula is C12H20ClF3N6O2. The summed E-state index contributed by atoms with van der Waals surface area (Å²) in [4.78, 5) is 7.40. The summed E-state index contributed by atoms with van der Waals surface area (Å²) in [5.74, 6) is 0.360. The van der Waals surface area contributed by atoms with E-state index in [1.54, 1.807) is 23.9 Å². The van der Waals surface area contributed by atoms with Crippen molar-refractivity contribution in [2.45, 2.75) is 12.3 Å². The highest BCUT2D eigenvalue weighted by molar-refractivity contribution is 6.31. The smallest absolute Gasteiger partial charge is 0.389 e. The van der Waals surface area contributed by atoms with E-state index >= 15 is 0 Å². The Morgan fingerprint density at radius 1 is 1.29 bits per heavy atom. The Morgan fingerprint density at radius 2 is 1.96 bits per heavy atom. The first-order valence-electron chi connectivity index (χ1n) is 6.96. The van der Waals surface area contributed by atoms with Crippen molar-refractivity contribution in [2.75, 3.05) is 57.6 Å². The second kappa shape index (κ2) is 9.16. The topological polar surface area (TPSA) is 101 Å². The molecule has 1 atom stereocenters. The fraction of sp³-hybridized carbons (Fsp3) is 0.750. The number of hydrogen-bond acceptors (Lipinski definition) is 8. The number of aliphatic hydroxyl groups excluding tert-OH is 1. The van der Waals surface area contributed by atoms with Crippen molar-refractivity contribution in [3.8, 4) is 0 Å². The van der Waals surface area contributed by atoms with Crippen LogP contribution in [0.4, 0.5) is 24.9 Å². The van der Waals surface area contributed by atoms with Crippen molar-refractivity contribution in [1.29, 1.82) is 0 Å². The Kier molecular flexibility index (Phi) is 7.87. The molecule has 12 heteroatoms. The summed E-state index contributed by atoms with van der Waals surface area (Å²) >= 11 is 5.64. The van der Waals surface area contributed by atoms with E-state index in [0.717, 1.165) is 0 Å². The summed E-state index contributed by atoms with van der Waals surface area (Å²) < 4.78 is 40.2. The van der Waals surface area contributed by atoms with Gasteiger partial charge in [-0.2, -0.15) is 18.2 Å². The Morgan fingerprint density at radius 3 is 2.54 bits per heavy atom. The number of aromatic nitrogens is 3. The molecule has 0 saturated heterocycles. The van der Waals surface area contributed by atoms with Gasteiger partial charge in [0.1, 0.15) is 6.61 Å². The van der Waals surface area contributed by atoms with Crippen LogP contribution in [0.2, 0.25) is 5.15 Å². The van der Waals surface area contributed by atoms with Crippen molar-refractivity contribution in [3.05, 3.63) is 5.15 Å². The van der Waals surface area contributed by atoms with Gasteiger partial charge in [0.25, 0.3) is 0 Å². The number of likely N-dealkylation sites (N-methyl/N-ethyl adjacent to an activating group) is 2. The van der Waals surface area contributed by atoms with Crippen molar-refractivity contribution in [1.82, 2.24) is 20.1 Å². The first-order valence-corrected chi connectivity index (χ1v) is 7.34. The largest absolute Gasteiger partial charge is 0.411 e. The van der Waals surface area contributed by atoms with Gasteiger partial charge in [0.2, 0.25) is 5.95 Å². The molecule has 0 saturated carbocycles. The van der Waals surface area contributed by atoms with E-state index in [1.807, 2.05) is 0 Å². The van der Waals surface area contributed by atoms with E-state index in [2.05, 4.69) is 19.9 Å². The normalized spacial score (nSPS) is 13.3. The summed E-state index contributed by atoms with van der Waals surface area (Å²) in [5, 5.41) is 17.1. The number of aliphatic hydroxyl groups is 1. The Balaban J connectivity index is 2.31. The highest BCUT2D eigenvalue weighted by Gasteiger charge is 2.27. The van der Waals surface area contributed by atoms with E-state index in [1.165, 1.54) is 0 Å². The third-order valence-corrected chi connectivity index (χ3v) is 3.19. The van der Waals surface area contributed by atoms with Gasteiger partial charge in [0.15, 0.2) is 11.0 Å². The molecule has 0 bridgehead atoms. The highest BCUT2D eigenvalue weighted by atomic mass is 35.5. The molecule has 1 rings (SSSR count). The predicted octanol–water partition coefficient (Wildman–Crippen LogP) is 0.415. The second-order valence-corrected chi connectivity index (χ2v) is 5.61. The van der Waals surface area contributed by atoms with Gasteiger partial charge in [0.05, 0.1) is 12.7 Å². The minimum Gasteiger partial charge on any atom is -0.389 e. The third-order valence-electron chi connectivity index (χ3n) is 2.92. The maximum atomic E-state index is 11.9. The first kappa shape index (κ1) is 20.6. The van der Waals surface area contributed by atoms with Crippen molar-refractivity contribution < 1.29 is 23.0 Å². The van der Waals surface area contributed by atoms with Crippen LogP contribution in [0.5, 0.6) is 0 Å². The van der Waals surface area contributed by atoms with Gasteiger partial charge in [-0.3, -0.25) is 0 Å². The zero-order chi connectivity index (χ0) is 18.3. The zero-order valence-corrected chi connectivity index (χ0v) is 14.0. The minimum atomic E-state index is -4.40. The van der Waals surface area contributed by atoms with Gasteiger partial charge in [-0.25, -0.2) is 0 Å². The number of hydrogen-bond donors (Lipinski definition) is 2. The van der Waals surface area contributed by atoms with Crippen molar-refractivity contribution >= 4 is 23.4 Å². The molecule has 0 aliphatic carbocycles. The van der Waals surface area contributed by atoms with Crippen LogP contribution in [0.1, 0.15) is 0 Å². The average molecular weight is 373 g/mol. The molecule has 3 N–H and O–H groups in total. The lowest BCUT2D eigenvalue weighted by molar-refractivity contribution is -0.179. The molecule has 0 fully saturated rings. The molecule has 0 amide bonds. The van der Waals surface area contributed by atoms with Gasteiger partial charge in [-0.05, 0) is 7.05 Å². The van der Waals surface area contributed by atoms with Gasteiger partial charge in [0, 0.05) is 26.7 Å². The third kappa shape index (κ3) is 7.90. The summed E-state index contributed by atoms with van der Waals surface area (Å²) in [7, 11) is 3.44. The van der Waals surface area contributed by atoms with Crippen LogP contribution < -0.4 is 10.6 Å². The summed E-state index contributed by atoms with van der Waals surface area (Å²) in [5.41, 5.74) is 5.55. The lowest BCUT2D eigenvalue weighted by atomic mass is 10.3. The molecule has 0 aliphatic rings. The van der Waals surface area contributed by atoms with Crippen molar-refractivity contribution in [2.24, 2.45) is 0 Å². The van der Waals surface area contributed by atoms with E-state index in [-0.39, 0.29) is 24.1 Å². The number of nitrogens with two attached hydrogens (primary N) is 1. The van der Waals surface area contributed by atoms with E-state index in [9.17, 15) is 18.3 Å². The summed E-state index contributed by atoms with van der Waals surface area (Å²) in [6, 6.07) is 0. The molecule has 0 radical (unpaired) electrons. The lowest BCUT2D eigenvalue weighted by Crippen LogP contribution is -2.38. The van der Waals surface area contributed by atoms with E-state index in [4.69, 9.17) is 17.3 Å². The highest BCUT2D eigenvalue weighted by Crippen LogP contribution is 2.15. The molecule has 0 aromatic carbocycles. The number of nitrogen functional groups attached to an aromatic ring is 1. The van der Waals surface area contributed by atoms with Crippen LogP contribution in [0, 0.1) is 0 Å². The average Bonchev–Trinajstić information content (AvgIpc) is 2.46. The SMILES string of the molecule is CN(CCN(C)c1nnc(Cl)c(N)n1)C[C@H](O)COCC(F)(F)F. The minimum absolute atomic E-state index is 0.0197. The molecule has 0 aliphatic heterocycles. The fourth-order valence-corrected chi connectivity index (χ4v) is 1.79. The molecule has 8 nitrogen and oxygen atoms in total. The van der Waals surface area contributed by atoms with Crippen molar-refractivity contribution in [3.63, 3.8) is 0 Å². The van der Waals surface area contributed by atoms with Gasteiger partial charge in [-0.15, -0.1) is 10.2 Å². The Hall–Kier alpha value is -1.43. The van der Waals surface area contributed by atoms with Gasteiger partial charge < -0.3 is 25.4 Å². The lowest BCUT2D eigenvalue weighted by Gasteiger charge is -2.24. The first-order chi connectivity index (χ1) is 11.1. The standard InChI is InChI=1S/C12H20ClF3N6O2/c1-21(5-8(23)6-24-7-12(14,15)16)3-4-22(2)11-18-10(17)9(13)19-20-11/h8,23H,3-7H2,1-2H3,(H2,17,18,20)/t8-/m0/s1. The number of anilines is 2. The van der Waals surface area contributed by atoms with Crippen LogP contribution in [0.3, 0.4) is 0 Å². The molecule has 24 heavy (non-hydrogen) atoms. The second-order valence-electron chi connectivity index (χ2n) is 5.26. The predicted molar refractivity (Wildman–Crippen MR) is 82.9 cm³/mol. The molecule has 1 heterocycles. The molecule has 138 valence electrons. The molecule has 0 unspecified atom stereocenters. The maximum Gasteiger partial charge on any atom is 0.411 e. The van der Waals surface area contributed by atoms with Crippen LogP contribution in [0.25, 0.3) is 0 Å². The quantitative estimate of drug-likeness (QED) is 0.643. The number of alkyl halides is 3. The molecular weight excluding hydrogens is 353 g/mol. The van der Waals surface area contributed by atoms with E-state index in [0.29, 0.717) is 19.0 Å². The summed E-state index contributed by atoms with van der Waals surface area (Å²) in [6.45, 7) is -0.624. The van der Waals surface area contributed by atoms with Gasteiger partial charge in [-0.1, -0.05) is 11.6 Å². The fourth-order valence-electron chi connectivity index (χ4n) is 1.71. The Labute approximate surface area is 142 Å². The van der Waals surface area contributed by atoms with Gasteiger partial charge >= 0.3 is 6.18 Å². The number of nitrogens with zero attached hydrogens (tertiary/aromatic N) is 5. The monoisotopic (exact) mass is 372 g/mol. The molecule has 1 aromatic heterocycles. The molecule has 0 spiro atoms. The van der Waals surface area contributed by atoms with E-state index < -0.39 is 18.9 Å². The number of halogens is 4. The molecule has 1 aromatic rings. The van der Waals surface area contributed by atoms with Crippen LogP contribution in [-0.4, -0.2) is 84.4 Å². The Bertz CT molecular complexity index is 522. The number of rotatable bonds is 9. The number of ether oxygens (including phenoxy) is 1.